The maximum absolute atomic E-state index is 12.2. The Labute approximate surface area is 152 Å². The zero-order valence-corrected chi connectivity index (χ0v) is 14.3. The Balaban J connectivity index is 1.63. The van der Waals surface area contributed by atoms with E-state index in [9.17, 15) is 13.2 Å². The van der Waals surface area contributed by atoms with Gasteiger partial charge in [-0.15, -0.1) is 13.2 Å². The van der Waals surface area contributed by atoms with Gasteiger partial charge in [-0.1, -0.05) is 17.3 Å². The predicted molar refractivity (Wildman–Crippen MR) is 91.4 cm³/mol. The molecule has 0 spiro atoms. The van der Waals surface area contributed by atoms with Gasteiger partial charge in [-0.3, -0.25) is 0 Å². The fourth-order valence-electron chi connectivity index (χ4n) is 2.32. The van der Waals surface area contributed by atoms with Gasteiger partial charge in [0.05, 0.1) is 18.7 Å². The second-order valence-corrected chi connectivity index (χ2v) is 5.37. The van der Waals surface area contributed by atoms with Crippen LogP contribution in [0.2, 0.25) is 0 Å². The lowest BCUT2D eigenvalue weighted by atomic mass is 10.2. The second-order valence-electron chi connectivity index (χ2n) is 5.37. The van der Waals surface area contributed by atoms with Crippen molar-refractivity contribution < 1.29 is 27.2 Å². The molecule has 0 saturated carbocycles. The molecule has 3 aromatic rings. The number of benzene rings is 2. The van der Waals surface area contributed by atoms with Crippen molar-refractivity contribution >= 4 is 5.69 Å². The van der Waals surface area contributed by atoms with E-state index in [2.05, 4.69) is 20.2 Å². The van der Waals surface area contributed by atoms with Gasteiger partial charge in [-0.05, 0) is 43.3 Å². The molecule has 142 valence electrons. The minimum Gasteiger partial charge on any atom is -0.493 e. The molecule has 0 amide bonds. The van der Waals surface area contributed by atoms with Crippen LogP contribution in [0.3, 0.4) is 0 Å². The Kier molecular flexibility index (Phi) is 5.49. The third-order valence-corrected chi connectivity index (χ3v) is 3.43. The molecule has 2 aromatic carbocycles. The Morgan fingerprint density at radius 2 is 1.81 bits per heavy atom. The number of para-hydroxylation sites is 1. The lowest BCUT2D eigenvalue weighted by molar-refractivity contribution is -0.274. The minimum atomic E-state index is -4.72. The predicted octanol–water partition coefficient (Wildman–Crippen LogP) is 4.65. The number of alkyl halides is 3. The molecule has 6 nitrogen and oxygen atoms in total. The van der Waals surface area contributed by atoms with Crippen molar-refractivity contribution in [1.29, 1.82) is 0 Å². The highest BCUT2D eigenvalue weighted by Gasteiger charge is 2.30. The van der Waals surface area contributed by atoms with Crippen LogP contribution in [0, 0.1) is 0 Å². The summed E-state index contributed by atoms with van der Waals surface area (Å²) in [6.07, 6.45) is -4.72. The number of halogens is 3. The molecular formula is C18H16F3N3O3. The van der Waals surface area contributed by atoms with E-state index < -0.39 is 6.36 Å². The second kappa shape index (κ2) is 7.98. The van der Waals surface area contributed by atoms with Crippen LogP contribution in [0.1, 0.15) is 12.8 Å². The fraction of sp³-hybridized carbons (Fsp3) is 0.222. The van der Waals surface area contributed by atoms with Gasteiger partial charge in [0, 0.05) is 5.69 Å². The molecule has 0 aliphatic heterocycles. The molecule has 0 aliphatic rings. The molecule has 0 saturated heterocycles. The maximum Gasteiger partial charge on any atom is 0.573 e. The first-order valence-corrected chi connectivity index (χ1v) is 8.09. The van der Waals surface area contributed by atoms with Crippen molar-refractivity contribution in [2.24, 2.45) is 0 Å². The van der Waals surface area contributed by atoms with Crippen LogP contribution in [-0.2, 0) is 6.54 Å². The van der Waals surface area contributed by atoms with Crippen LogP contribution in [-0.4, -0.2) is 23.1 Å². The van der Waals surface area contributed by atoms with Gasteiger partial charge in [-0.2, -0.15) is 4.98 Å². The molecule has 3 rings (SSSR count). The third kappa shape index (κ3) is 5.13. The summed E-state index contributed by atoms with van der Waals surface area (Å²) < 4.78 is 51.0. The number of nitrogens with one attached hydrogen (secondary N) is 1. The molecule has 0 atom stereocenters. The summed E-state index contributed by atoms with van der Waals surface area (Å²) in [5.74, 6) is 1.08. The van der Waals surface area contributed by atoms with E-state index in [4.69, 9.17) is 9.26 Å². The highest BCUT2D eigenvalue weighted by atomic mass is 19.4. The molecule has 0 unspecified atom stereocenters. The molecule has 27 heavy (non-hydrogen) atoms. The van der Waals surface area contributed by atoms with E-state index in [0.29, 0.717) is 35.3 Å². The Bertz CT molecular complexity index is 879. The Morgan fingerprint density at radius 1 is 1.07 bits per heavy atom. The average Bonchev–Trinajstić information content (AvgIpc) is 3.09. The molecule has 1 aromatic heterocycles. The summed E-state index contributed by atoms with van der Waals surface area (Å²) in [5, 5.41) is 6.94. The lowest BCUT2D eigenvalue weighted by Crippen LogP contribution is -2.17. The Hall–Kier alpha value is -3.23. The molecule has 9 heteroatoms. The third-order valence-electron chi connectivity index (χ3n) is 3.43. The summed E-state index contributed by atoms with van der Waals surface area (Å²) in [5.41, 5.74) is 1.29. The van der Waals surface area contributed by atoms with Crippen LogP contribution in [0.5, 0.6) is 11.5 Å². The van der Waals surface area contributed by atoms with Gasteiger partial charge in [0.15, 0.2) is 0 Å². The molecule has 1 heterocycles. The summed E-state index contributed by atoms with van der Waals surface area (Å²) in [4.78, 5) is 4.31. The molecule has 0 aliphatic carbocycles. The number of nitrogens with zero attached hydrogens (tertiary/aromatic N) is 2. The summed E-state index contributed by atoms with van der Waals surface area (Å²) in [7, 11) is 0. The molecule has 0 radical (unpaired) electrons. The van der Waals surface area contributed by atoms with Crippen molar-refractivity contribution in [3.8, 4) is 22.9 Å². The topological polar surface area (TPSA) is 69.4 Å². The minimum absolute atomic E-state index is 0.212. The van der Waals surface area contributed by atoms with Crippen LogP contribution >= 0.6 is 0 Å². The number of anilines is 1. The van der Waals surface area contributed by atoms with Crippen molar-refractivity contribution in [3.63, 3.8) is 0 Å². The van der Waals surface area contributed by atoms with Crippen LogP contribution in [0.4, 0.5) is 18.9 Å². The quantitative estimate of drug-likeness (QED) is 0.645. The monoisotopic (exact) mass is 379 g/mol. The number of aromatic nitrogens is 2. The van der Waals surface area contributed by atoms with Gasteiger partial charge >= 0.3 is 6.36 Å². The smallest absolute Gasteiger partial charge is 0.493 e. The van der Waals surface area contributed by atoms with Gasteiger partial charge < -0.3 is 19.3 Å². The number of hydrogen-bond donors (Lipinski definition) is 1. The van der Waals surface area contributed by atoms with Crippen LogP contribution < -0.4 is 14.8 Å². The van der Waals surface area contributed by atoms with E-state index in [1.54, 1.807) is 0 Å². The number of ether oxygens (including phenoxy) is 2. The van der Waals surface area contributed by atoms with Gasteiger partial charge in [-0.25, -0.2) is 0 Å². The van der Waals surface area contributed by atoms with Crippen molar-refractivity contribution in [2.45, 2.75) is 19.8 Å². The van der Waals surface area contributed by atoms with E-state index in [0.717, 1.165) is 0 Å². The van der Waals surface area contributed by atoms with Gasteiger partial charge in [0.25, 0.3) is 0 Å². The Morgan fingerprint density at radius 3 is 2.52 bits per heavy atom. The van der Waals surface area contributed by atoms with Crippen molar-refractivity contribution in [1.82, 2.24) is 10.1 Å². The van der Waals surface area contributed by atoms with Crippen LogP contribution in [0.15, 0.2) is 53.1 Å². The molecule has 0 fully saturated rings. The van der Waals surface area contributed by atoms with Gasteiger partial charge in [0.1, 0.15) is 11.5 Å². The first-order chi connectivity index (χ1) is 12.9. The summed E-state index contributed by atoms with van der Waals surface area (Å²) in [6.45, 7) is 2.61. The largest absolute Gasteiger partial charge is 0.573 e. The first kappa shape index (κ1) is 18.6. The number of hydrogen-bond acceptors (Lipinski definition) is 6. The van der Waals surface area contributed by atoms with Crippen molar-refractivity contribution in [3.05, 3.63) is 54.4 Å². The lowest BCUT2D eigenvalue weighted by Gasteiger charge is -2.09. The highest BCUT2D eigenvalue weighted by Crippen LogP contribution is 2.28. The van der Waals surface area contributed by atoms with E-state index in [1.807, 2.05) is 31.2 Å². The SMILES string of the molecule is CCOc1ccccc1-c1noc(CNc2ccc(OC(F)(F)F)cc2)n1. The number of rotatable bonds is 7. The maximum atomic E-state index is 12.2. The van der Waals surface area contributed by atoms with E-state index in [-0.39, 0.29) is 12.3 Å². The summed E-state index contributed by atoms with van der Waals surface area (Å²) in [6, 6.07) is 12.7. The van der Waals surface area contributed by atoms with Crippen LogP contribution in [0.25, 0.3) is 11.4 Å². The van der Waals surface area contributed by atoms with E-state index in [1.165, 1.54) is 24.3 Å². The zero-order valence-electron chi connectivity index (χ0n) is 14.3. The standard InChI is InChI=1S/C18H16F3N3O3/c1-2-25-15-6-4-3-5-14(15)17-23-16(27-24-17)11-22-12-7-9-13(10-8-12)26-18(19,20)21/h3-10,22H,2,11H2,1H3. The summed E-state index contributed by atoms with van der Waals surface area (Å²) >= 11 is 0. The zero-order chi connectivity index (χ0) is 19.3. The first-order valence-electron chi connectivity index (χ1n) is 8.09. The van der Waals surface area contributed by atoms with Gasteiger partial charge in [0.2, 0.25) is 11.7 Å². The molecular weight excluding hydrogens is 363 g/mol. The highest BCUT2D eigenvalue weighted by molar-refractivity contribution is 5.63. The fourth-order valence-corrected chi connectivity index (χ4v) is 2.32. The van der Waals surface area contributed by atoms with Crippen molar-refractivity contribution in [2.75, 3.05) is 11.9 Å². The normalized spacial score (nSPS) is 11.3. The molecule has 0 bridgehead atoms. The molecule has 1 N–H and O–H groups in total. The van der Waals surface area contributed by atoms with E-state index >= 15 is 0 Å². The average molecular weight is 379 g/mol.